The summed E-state index contributed by atoms with van der Waals surface area (Å²) in [6, 6.07) is 13.9. The monoisotopic (exact) mass is 336 g/mol. The zero-order valence-corrected chi connectivity index (χ0v) is 14.9. The fourth-order valence-electron chi connectivity index (χ4n) is 2.80. The van der Waals surface area contributed by atoms with Crippen molar-refractivity contribution < 1.29 is 4.79 Å². The first-order valence-corrected chi connectivity index (χ1v) is 8.41. The zero-order valence-electron chi connectivity index (χ0n) is 14.9. The highest BCUT2D eigenvalue weighted by Gasteiger charge is 2.23. The molecular formula is C20H24N4O. The largest absolute Gasteiger partial charge is 0.384 e. The Morgan fingerprint density at radius 3 is 2.72 bits per heavy atom. The van der Waals surface area contributed by atoms with Gasteiger partial charge in [-0.15, -0.1) is 0 Å². The Morgan fingerprint density at radius 1 is 1.16 bits per heavy atom. The lowest BCUT2D eigenvalue weighted by Gasteiger charge is -2.14. The second kappa shape index (κ2) is 7.40. The SMILES string of the molecule is Cc1cc(NC=C2C(=O)Nc3ccccc32)ccc1NCCN(C)C. The van der Waals surface area contributed by atoms with Crippen LogP contribution < -0.4 is 16.0 Å². The third kappa shape index (κ3) is 4.00. The third-order valence-corrected chi connectivity index (χ3v) is 4.19. The predicted octanol–water partition coefficient (Wildman–Crippen LogP) is 3.37. The van der Waals surface area contributed by atoms with Gasteiger partial charge in [0, 0.05) is 41.9 Å². The first-order chi connectivity index (χ1) is 12.0. The molecule has 0 spiro atoms. The molecule has 0 bridgehead atoms. The topological polar surface area (TPSA) is 56.4 Å². The minimum Gasteiger partial charge on any atom is -0.384 e. The molecule has 5 heteroatoms. The summed E-state index contributed by atoms with van der Waals surface area (Å²) in [7, 11) is 4.12. The van der Waals surface area contributed by atoms with E-state index >= 15 is 0 Å². The Morgan fingerprint density at radius 2 is 1.96 bits per heavy atom. The van der Waals surface area contributed by atoms with Gasteiger partial charge in [-0.05, 0) is 50.8 Å². The Kier molecular flexibility index (Phi) is 5.05. The van der Waals surface area contributed by atoms with Crippen molar-refractivity contribution in [1.82, 2.24) is 4.90 Å². The fraction of sp³-hybridized carbons (Fsp3) is 0.250. The van der Waals surface area contributed by atoms with Crippen molar-refractivity contribution in [1.29, 1.82) is 0 Å². The van der Waals surface area contributed by atoms with Gasteiger partial charge in [-0.3, -0.25) is 4.79 Å². The van der Waals surface area contributed by atoms with Crippen molar-refractivity contribution in [3.8, 4) is 0 Å². The van der Waals surface area contributed by atoms with Crippen molar-refractivity contribution in [3.05, 3.63) is 59.8 Å². The second-order valence-electron chi connectivity index (χ2n) is 6.46. The lowest BCUT2D eigenvalue weighted by Crippen LogP contribution is -2.21. The molecule has 5 nitrogen and oxygen atoms in total. The summed E-state index contributed by atoms with van der Waals surface area (Å²) in [6.45, 7) is 3.97. The van der Waals surface area contributed by atoms with Crippen LogP contribution in [0.2, 0.25) is 0 Å². The average molecular weight is 336 g/mol. The molecule has 3 rings (SSSR count). The van der Waals surface area contributed by atoms with Gasteiger partial charge in [-0.1, -0.05) is 18.2 Å². The fourth-order valence-corrected chi connectivity index (χ4v) is 2.80. The standard InChI is InChI=1S/C20H24N4O/c1-14-12-15(8-9-18(14)21-10-11-24(2)3)22-13-17-16-6-4-5-7-19(16)23-20(17)25/h4-9,12-13,21-22H,10-11H2,1-3H3,(H,23,25). The van der Waals surface area contributed by atoms with Crippen LogP contribution in [0.5, 0.6) is 0 Å². The van der Waals surface area contributed by atoms with E-state index in [1.54, 1.807) is 6.20 Å². The van der Waals surface area contributed by atoms with Gasteiger partial charge in [-0.2, -0.15) is 0 Å². The molecule has 1 amide bonds. The first-order valence-electron chi connectivity index (χ1n) is 8.41. The van der Waals surface area contributed by atoms with Crippen LogP contribution in [0.15, 0.2) is 48.7 Å². The molecule has 1 heterocycles. The number of nitrogens with one attached hydrogen (secondary N) is 3. The van der Waals surface area contributed by atoms with E-state index in [2.05, 4.69) is 54.0 Å². The summed E-state index contributed by atoms with van der Waals surface area (Å²) < 4.78 is 0. The number of benzene rings is 2. The van der Waals surface area contributed by atoms with Crippen LogP contribution in [0, 0.1) is 6.92 Å². The van der Waals surface area contributed by atoms with Gasteiger partial charge in [0.2, 0.25) is 0 Å². The molecule has 2 aromatic carbocycles. The minimum absolute atomic E-state index is 0.0765. The number of aryl methyl sites for hydroxylation is 1. The van der Waals surface area contributed by atoms with Crippen LogP contribution in [-0.2, 0) is 4.79 Å². The molecule has 2 aromatic rings. The van der Waals surface area contributed by atoms with E-state index in [0.29, 0.717) is 5.57 Å². The predicted molar refractivity (Wildman–Crippen MR) is 105 cm³/mol. The van der Waals surface area contributed by atoms with Crippen LogP contribution in [0.1, 0.15) is 11.1 Å². The van der Waals surface area contributed by atoms with Gasteiger partial charge in [0.25, 0.3) is 5.91 Å². The summed E-state index contributed by atoms with van der Waals surface area (Å²) in [6.07, 6.45) is 1.77. The van der Waals surface area contributed by atoms with Gasteiger partial charge in [0.05, 0.1) is 5.57 Å². The van der Waals surface area contributed by atoms with E-state index < -0.39 is 0 Å². The van der Waals surface area contributed by atoms with E-state index in [1.807, 2.05) is 30.3 Å². The van der Waals surface area contributed by atoms with Gasteiger partial charge in [0.1, 0.15) is 0 Å². The Hall–Kier alpha value is -2.79. The number of carbonyl (C=O) groups is 1. The van der Waals surface area contributed by atoms with Crippen LogP contribution in [0.3, 0.4) is 0 Å². The lowest BCUT2D eigenvalue weighted by molar-refractivity contribution is -0.110. The molecule has 0 unspecified atom stereocenters. The molecule has 0 saturated heterocycles. The molecule has 130 valence electrons. The van der Waals surface area contributed by atoms with Crippen molar-refractivity contribution in [2.75, 3.05) is 43.1 Å². The molecule has 0 aromatic heterocycles. The van der Waals surface area contributed by atoms with E-state index in [9.17, 15) is 4.79 Å². The Labute approximate surface area is 148 Å². The zero-order chi connectivity index (χ0) is 17.8. The number of para-hydroxylation sites is 1. The number of amides is 1. The van der Waals surface area contributed by atoms with Gasteiger partial charge >= 0.3 is 0 Å². The van der Waals surface area contributed by atoms with Crippen molar-refractivity contribution in [3.63, 3.8) is 0 Å². The maximum atomic E-state index is 12.1. The molecule has 0 atom stereocenters. The second-order valence-corrected chi connectivity index (χ2v) is 6.46. The Bertz CT molecular complexity index is 811. The number of rotatable bonds is 6. The normalized spacial score (nSPS) is 14.6. The highest BCUT2D eigenvalue weighted by Crippen LogP contribution is 2.31. The Balaban J connectivity index is 1.70. The smallest absolute Gasteiger partial charge is 0.257 e. The van der Waals surface area contributed by atoms with Gasteiger partial charge in [0.15, 0.2) is 0 Å². The summed E-state index contributed by atoms with van der Waals surface area (Å²) >= 11 is 0. The van der Waals surface area contributed by atoms with E-state index in [4.69, 9.17) is 0 Å². The number of carbonyl (C=O) groups excluding carboxylic acids is 1. The molecule has 1 aliphatic rings. The number of likely N-dealkylation sites (N-methyl/N-ethyl adjacent to an activating group) is 1. The summed E-state index contributed by atoms with van der Waals surface area (Å²) in [5.41, 5.74) is 5.69. The van der Waals surface area contributed by atoms with Crippen LogP contribution >= 0.6 is 0 Å². The third-order valence-electron chi connectivity index (χ3n) is 4.19. The average Bonchev–Trinajstić information content (AvgIpc) is 2.89. The van der Waals surface area contributed by atoms with Crippen molar-refractivity contribution in [2.24, 2.45) is 0 Å². The molecular weight excluding hydrogens is 312 g/mol. The maximum Gasteiger partial charge on any atom is 0.257 e. The number of hydrogen-bond acceptors (Lipinski definition) is 4. The van der Waals surface area contributed by atoms with Gasteiger partial charge < -0.3 is 20.9 Å². The van der Waals surface area contributed by atoms with E-state index in [0.717, 1.165) is 35.7 Å². The van der Waals surface area contributed by atoms with E-state index in [1.165, 1.54) is 5.56 Å². The quantitative estimate of drug-likeness (QED) is 0.708. The first kappa shape index (κ1) is 17.0. The molecule has 3 N–H and O–H groups in total. The number of hydrogen-bond donors (Lipinski definition) is 3. The minimum atomic E-state index is -0.0765. The summed E-state index contributed by atoms with van der Waals surface area (Å²) in [5.74, 6) is -0.0765. The molecule has 0 aliphatic carbocycles. The summed E-state index contributed by atoms with van der Waals surface area (Å²) in [5, 5.41) is 9.56. The van der Waals surface area contributed by atoms with Crippen molar-refractivity contribution in [2.45, 2.75) is 6.92 Å². The number of anilines is 3. The molecule has 0 radical (unpaired) electrons. The van der Waals surface area contributed by atoms with Crippen LogP contribution in [0.25, 0.3) is 5.57 Å². The highest BCUT2D eigenvalue weighted by atomic mass is 16.2. The van der Waals surface area contributed by atoms with Crippen molar-refractivity contribution >= 4 is 28.5 Å². The lowest BCUT2D eigenvalue weighted by atomic mass is 10.1. The molecule has 0 saturated carbocycles. The maximum absolute atomic E-state index is 12.1. The molecule has 1 aliphatic heterocycles. The summed E-state index contributed by atoms with van der Waals surface area (Å²) in [4.78, 5) is 14.3. The number of fused-ring (bicyclic) bond motifs is 1. The van der Waals surface area contributed by atoms with Gasteiger partial charge in [-0.25, -0.2) is 0 Å². The highest BCUT2D eigenvalue weighted by molar-refractivity contribution is 6.31. The number of nitrogens with zero attached hydrogens (tertiary/aromatic N) is 1. The molecule has 0 fully saturated rings. The van der Waals surface area contributed by atoms with E-state index in [-0.39, 0.29) is 5.91 Å². The molecule has 25 heavy (non-hydrogen) atoms. The van der Waals surface area contributed by atoms with Crippen LogP contribution in [-0.4, -0.2) is 38.0 Å². The van der Waals surface area contributed by atoms with Crippen LogP contribution in [0.4, 0.5) is 17.1 Å².